The summed E-state index contributed by atoms with van der Waals surface area (Å²) in [6, 6.07) is 7.97. The molecule has 1 aromatic carbocycles. The van der Waals surface area contributed by atoms with Gasteiger partial charge in [0.2, 0.25) is 0 Å². The Balaban J connectivity index is 2.58. The van der Waals surface area contributed by atoms with Gasteiger partial charge < -0.3 is 4.98 Å². The molecule has 1 aliphatic heterocycles. The molecule has 1 aromatic heterocycles. The van der Waals surface area contributed by atoms with Crippen LogP contribution in [-0.4, -0.2) is 10.9 Å². The molecule has 3 rings (SSSR count). The maximum Gasteiger partial charge on any atom is 0.251 e. The van der Waals surface area contributed by atoms with Gasteiger partial charge in [-0.05, 0) is 6.07 Å². The number of nitrogens with zero attached hydrogens (tertiary/aromatic N) is 1. The molecule has 0 fully saturated rings. The topological polar surface area (TPSA) is 45.2 Å². The Morgan fingerprint density at radius 3 is 3.07 bits per heavy atom. The van der Waals surface area contributed by atoms with E-state index in [0.29, 0.717) is 11.9 Å². The lowest BCUT2D eigenvalue weighted by molar-refractivity contribution is -0.117. The van der Waals surface area contributed by atoms with Gasteiger partial charge in [-0.25, -0.2) is 0 Å². The number of aromatic amines is 1. The van der Waals surface area contributed by atoms with Crippen molar-refractivity contribution in [1.29, 1.82) is 0 Å². The molecule has 0 atom stereocenters. The fraction of sp³-hybridized carbons (Fsp3) is 0.0909. The van der Waals surface area contributed by atoms with Crippen molar-refractivity contribution < 1.29 is 4.79 Å². The Morgan fingerprint density at radius 2 is 2.14 bits per heavy atom. The molecule has 1 aliphatic rings. The van der Waals surface area contributed by atoms with E-state index >= 15 is 0 Å². The van der Waals surface area contributed by atoms with Crippen molar-refractivity contribution >= 4 is 22.9 Å². The molecular formula is C11H8N2O. The third kappa shape index (κ3) is 0.923. The number of benzene rings is 1. The quantitative estimate of drug-likeness (QED) is 0.636. The summed E-state index contributed by atoms with van der Waals surface area (Å²) in [5, 5.41) is 2.19. The van der Waals surface area contributed by atoms with Crippen LogP contribution in [0.2, 0.25) is 0 Å². The largest absolute Gasteiger partial charge is 0.339 e. The summed E-state index contributed by atoms with van der Waals surface area (Å²) >= 11 is 0. The van der Waals surface area contributed by atoms with Gasteiger partial charge in [-0.2, -0.15) is 4.99 Å². The van der Waals surface area contributed by atoms with Gasteiger partial charge in [0.1, 0.15) is 5.49 Å². The van der Waals surface area contributed by atoms with E-state index in [0.717, 1.165) is 16.1 Å². The summed E-state index contributed by atoms with van der Waals surface area (Å²) in [6.07, 6.45) is 2.35. The van der Waals surface area contributed by atoms with E-state index in [2.05, 4.69) is 9.98 Å². The average molecular weight is 184 g/mol. The van der Waals surface area contributed by atoms with Crippen molar-refractivity contribution in [2.45, 2.75) is 6.42 Å². The molecule has 0 radical (unpaired) electrons. The molecule has 1 N–H and O–H groups in total. The van der Waals surface area contributed by atoms with Crippen molar-refractivity contribution in [1.82, 2.24) is 4.98 Å². The Morgan fingerprint density at radius 1 is 1.29 bits per heavy atom. The van der Waals surface area contributed by atoms with Crippen molar-refractivity contribution in [2.24, 2.45) is 4.99 Å². The van der Waals surface area contributed by atoms with Crippen molar-refractivity contribution in [3.05, 3.63) is 35.0 Å². The first-order chi connectivity index (χ1) is 6.84. The molecule has 1 amide bonds. The number of carbonyl (C=O) groups is 1. The third-order valence-corrected chi connectivity index (χ3v) is 2.44. The molecule has 0 unspecified atom stereocenters. The van der Waals surface area contributed by atoms with Crippen LogP contribution in [0.3, 0.4) is 0 Å². The molecule has 3 nitrogen and oxygen atoms in total. The SMILES string of the molecule is O=C1CC=c2c([nH]c3ccccc23)=N1. The van der Waals surface area contributed by atoms with Gasteiger partial charge >= 0.3 is 0 Å². The second-order valence-corrected chi connectivity index (χ2v) is 3.35. The predicted octanol–water partition coefficient (Wildman–Crippen LogP) is 0.498. The Hall–Kier alpha value is -1.90. The zero-order chi connectivity index (χ0) is 9.54. The number of rotatable bonds is 0. The molecule has 68 valence electrons. The highest BCUT2D eigenvalue weighted by atomic mass is 16.1. The smallest absolute Gasteiger partial charge is 0.251 e. The summed E-state index contributed by atoms with van der Waals surface area (Å²) in [5.74, 6) is -0.0796. The fourth-order valence-corrected chi connectivity index (χ4v) is 1.80. The summed E-state index contributed by atoms with van der Waals surface area (Å²) in [7, 11) is 0. The third-order valence-electron chi connectivity index (χ3n) is 2.44. The first kappa shape index (κ1) is 7.50. The molecule has 2 heterocycles. The van der Waals surface area contributed by atoms with E-state index < -0.39 is 0 Å². The number of H-pyrrole nitrogens is 1. The molecule has 0 saturated heterocycles. The lowest BCUT2D eigenvalue weighted by Gasteiger charge is -1.92. The number of nitrogens with one attached hydrogen (secondary N) is 1. The van der Waals surface area contributed by atoms with Crippen LogP contribution in [0.1, 0.15) is 6.42 Å². The predicted molar refractivity (Wildman–Crippen MR) is 53.2 cm³/mol. The summed E-state index contributed by atoms with van der Waals surface area (Å²) in [4.78, 5) is 18.2. The minimum Gasteiger partial charge on any atom is -0.339 e. The highest BCUT2D eigenvalue weighted by Gasteiger charge is 2.06. The minimum atomic E-state index is -0.0796. The molecule has 0 bridgehead atoms. The van der Waals surface area contributed by atoms with E-state index in [9.17, 15) is 4.79 Å². The number of fused-ring (bicyclic) bond motifs is 3. The molecular weight excluding hydrogens is 176 g/mol. The van der Waals surface area contributed by atoms with Gasteiger partial charge in [-0.15, -0.1) is 0 Å². The van der Waals surface area contributed by atoms with Gasteiger partial charge in [-0.3, -0.25) is 4.79 Å². The van der Waals surface area contributed by atoms with Crippen LogP contribution in [-0.2, 0) is 4.79 Å². The van der Waals surface area contributed by atoms with Crippen LogP contribution in [0.15, 0.2) is 29.3 Å². The zero-order valence-electron chi connectivity index (χ0n) is 7.45. The van der Waals surface area contributed by atoms with E-state index in [1.165, 1.54) is 0 Å². The van der Waals surface area contributed by atoms with Crippen LogP contribution in [0, 0.1) is 0 Å². The fourth-order valence-electron chi connectivity index (χ4n) is 1.80. The van der Waals surface area contributed by atoms with Crippen LogP contribution < -0.4 is 10.7 Å². The second kappa shape index (κ2) is 2.54. The first-order valence-electron chi connectivity index (χ1n) is 4.53. The number of amides is 1. The minimum absolute atomic E-state index is 0.0796. The van der Waals surface area contributed by atoms with Gasteiger partial charge in [0.05, 0.1) is 0 Å². The Kier molecular flexibility index (Phi) is 1.36. The number of hydrogen-bond donors (Lipinski definition) is 1. The second-order valence-electron chi connectivity index (χ2n) is 3.35. The zero-order valence-corrected chi connectivity index (χ0v) is 7.45. The highest BCUT2D eigenvalue weighted by Crippen LogP contribution is 2.05. The number of carbonyl (C=O) groups excluding carboxylic acids is 1. The summed E-state index contributed by atoms with van der Waals surface area (Å²) < 4.78 is 0. The van der Waals surface area contributed by atoms with Gasteiger partial charge in [-0.1, -0.05) is 24.3 Å². The van der Waals surface area contributed by atoms with Crippen LogP contribution in [0.4, 0.5) is 0 Å². The van der Waals surface area contributed by atoms with E-state index in [1.807, 2.05) is 30.3 Å². The molecule has 0 saturated carbocycles. The number of aromatic nitrogens is 1. The number of hydrogen-bond acceptors (Lipinski definition) is 1. The normalized spacial score (nSPS) is 14.7. The van der Waals surface area contributed by atoms with Gasteiger partial charge in [0, 0.05) is 22.5 Å². The summed E-state index contributed by atoms with van der Waals surface area (Å²) in [5.41, 5.74) is 1.73. The Labute approximate surface area is 79.8 Å². The molecule has 2 aromatic rings. The monoisotopic (exact) mass is 184 g/mol. The van der Waals surface area contributed by atoms with Gasteiger partial charge in [0.15, 0.2) is 0 Å². The molecule has 0 aliphatic carbocycles. The van der Waals surface area contributed by atoms with E-state index in [4.69, 9.17) is 0 Å². The highest BCUT2D eigenvalue weighted by molar-refractivity contribution is 5.87. The first-order valence-corrected chi connectivity index (χ1v) is 4.53. The van der Waals surface area contributed by atoms with Crippen LogP contribution in [0.5, 0.6) is 0 Å². The van der Waals surface area contributed by atoms with Crippen LogP contribution in [0.25, 0.3) is 17.0 Å². The molecule has 0 spiro atoms. The maximum atomic E-state index is 11.1. The van der Waals surface area contributed by atoms with E-state index in [1.54, 1.807) is 0 Å². The van der Waals surface area contributed by atoms with E-state index in [-0.39, 0.29) is 5.91 Å². The average Bonchev–Trinajstić information content (AvgIpc) is 2.54. The molecule has 3 heteroatoms. The van der Waals surface area contributed by atoms with Crippen molar-refractivity contribution in [3.63, 3.8) is 0 Å². The van der Waals surface area contributed by atoms with Crippen LogP contribution >= 0.6 is 0 Å². The lowest BCUT2D eigenvalue weighted by Crippen LogP contribution is -2.28. The van der Waals surface area contributed by atoms with Crippen molar-refractivity contribution in [2.75, 3.05) is 0 Å². The maximum absolute atomic E-state index is 11.1. The lowest BCUT2D eigenvalue weighted by atomic mass is 10.2. The standard InChI is InChI=1S/C11H8N2O/c14-10-6-5-8-7-3-1-2-4-9(7)12-11(8)13-10/h1-5H,6H2,(H,12,13,14). The molecule has 14 heavy (non-hydrogen) atoms. The summed E-state index contributed by atoms with van der Waals surface area (Å²) in [6.45, 7) is 0. The number of para-hydroxylation sites is 1. The van der Waals surface area contributed by atoms with Gasteiger partial charge in [0.25, 0.3) is 5.91 Å². The Bertz CT molecular complexity index is 637. The van der Waals surface area contributed by atoms with Crippen molar-refractivity contribution in [3.8, 4) is 0 Å².